The van der Waals surface area contributed by atoms with Gasteiger partial charge in [-0.3, -0.25) is 4.79 Å². The van der Waals surface area contributed by atoms with Crippen molar-refractivity contribution in [1.29, 1.82) is 0 Å². The Balaban J connectivity index is 2.36. The number of hydrogen-bond acceptors (Lipinski definition) is 4. The highest BCUT2D eigenvalue weighted by molar-refractivity contribution is 7.89. The molecule has 0 unspecified atom stereocenters. The van der Waals surface area contributed by atoms with Crippen molar-refractivity contribution in [1.82, 2.24) is 4.31 Å². The third kappa shape index (κ3) is 4.48. The zero-order valence-electron chi connectivity index (χ0n) is 14.4. The molecule has 6 nitrogen and oxygen atoms in total. The summed E-state index contributed by atoms with van der Waals surface area (Å²) in [5, 5.41) is 3.22. The summed E-state index contributed by atoms with van der Waals surface area (Å²) in [6.07, 6.45) is 0. The van der Waals surface area contributed by atoms with Crippen LogP contribution in [0.3, 0.4) is 0 Å². The minimum Gasteiger partial charge on any atom is -0.495 e. The van der Waals surface area contributed by atoms with Gasteiger partial charge in [-0.15, -0.1) is 0 Å². The molecule has 0 saturated heterocycles. The lowest BCUT2D eigenvalue weighted by Gasteiger charge is -2.19. The van der Waals surface area contributed by atoms with Crippen molar-refractivity contribution in [3.8, 4) is 5.75 Å². The lowest BCUT2D eigenvalue weighted by atomic mass is 10.2. The summed E-state index contributed by atoms with van der Waals surface area (Å²) in [5.74, 6) is 0.0246. The Morgan fingerprint density at radius 1 is 1.23 bits per heavy atom. The predicted octanol–water partition coefficient (Wildman–Crippen LogP) is 3.78. The largest absolute Gasteiger partial charge is 0.495 e. The first-order valence-corrected chi connectivity index (χ1v) is 9.71. The number of methoxy groups -OCH3 is 1. The molecule has 0 radical (unpaired) electrons. The Morgan fingerprint density at radius 3 is 2.54 bits per heavy atom. The minimum absolute atomic E-state index is 0.0164. The van der Waals surface area contributed by atoms with Gasteiger partial charge in [-0.2, -0.15) is 4.31 Å². The average molecular weight is 417 g/mol. The molecule has 0 aliphatic carbocycles. The number of carbonyl (C=O) groups excluding carboxylic acids is 1. The average Bonchev–Trinajstić information content (AvgIpc) is 2.58. The van der Waals surface area contributed by atoms with Crippen LogP contribution in [0, 0.1) is 0 Å². The zero-order valence-corrected chi connectivity index (χ0v) is 16.7. The number of amides is 1. The first-order chi connectivity index (χ1) is 12.2. The van der Waals surface area contributed by atoms with Gasteiger partial charge in [0, 0.05) is 20.5 Å². The maximum atomic E-state index is 12.9. The highest BCUT2D eigenvalue weighted by Crippen LogP contribution is 2.30. The van der Waals surface area contributed by atoms with Gasteiger partial charge in [0.05, 0.1) is 27.7 Å². The van der Waals surface area contributed by atoms with Crippen molar-refractivity contribution < 1.29 is 17.9 Å². The van der Waals surface area contributed by atoms with Gasteiger partial charge in [-0.25, -0.2) is 8.42 Å². The SMILES string of the molecule is COc1ccc(S(=O)(=O)N(C)Cc2cccc(Cl)c2Cl)cc1NC(C)=O. The number of ether oxygens (including phenoxy) is 1. The number of benzene rings is 2. The van der Waals surface area contributed by atoms with Crippen molar-refractivity contribution in [2.45, 2.75) is 18.4 Å². The van der Waals surface area contributed by atoms with Crippen LogP contribution < -0.4 is 10.1 Å². The molecule has 2 aromatic carbocycles. The minimum atomic E-state index is -3.83. The van der Waals surface area contributed by atoms with Gasteiger partial charge < -0.3 is 10.1 Å². The van der Waals surface area contributed by atoms with Gasteiger partial charge >= 0.3 is 0 Å². The van der Waals surface area contributed by atoms with E-state index in [0.717, 1.165) is 4.31 Å². The predicted molar refractivity (Wildman–Crippen MR) is 102 cm³/mol. The Labute approximate surface area is 162 Å². The third-order valence-corrected chi connectivity index (χ3v) is 6.27. The van der Waals surface area contributed by atoms with Crippen LogP contribution in [0.2, 0.25) is 10.0 Å². The second-order valence-corrected chi connectivity index (χ2v) is 8.35. The van der Waals surface area contributed by atoms with E-state index in [9.17, 15) is 13.2 Å². The molecule has 0 aliphatic heterocycles. The Hall–Kier alpha value is -1.80. The quantitative estimate of drug-likeness (QED) is 0.776. The van der Waals surface area contributed by atoms with E-state index in [0.29, 0.717) is 21.4 Å². The van der Waals surface area contributed by atoms with E-state index in [-0.39, 0.29) is 23.0 Å². The number of halogens is 2. The van der Waals surface area contributed by atoms with Gasteiger partial charge in [0.2, 0.25) is 15.9 Å². The standard InChI is InChI=1S/C17H18Cl2N2O4S/c1-11(22)20-15-9-13(7-8-16(15)25-3)26(23,24)21(2)10-12-5-4-6-14(18)17(12)19/h4-9H,10H2,1-3H3,(H,20,22). The molecular formula is C17H18Cl2N2O4S. The Kier molecular flexibility index (Phi) is 6.52. The third-order valence-electron chi connectivity index (χ3n) is 3.61. The van der Waals surface area contributed by atoms with E-state index in [1.54, 1.807) is 18.2 Å². The number of anilines is 1. The van der Waals surface area contributed by atoms with Crippen LogP contribution >= 0.6 is 23.2 Å². The first kappa shape index (κ1) is 20.5. The molecule has 0 aliphatic rings. The lowest BCUT2D eigenvalue weighted by Crippen LogP contribution is -2.26. The summed E-state index contributed by atoms with van der Waals surface area (Å²) in [4.78, 5) is 11.3. The van der Waals surface area contributed by atoms with Crippen LogP contribution in [-0.4, -0.2) is 32.8 Å². The van der Waals surface area contributed by atoms with Gasteiger partial charge in [0.1, 0.15) is 5.75 Å². The van der Waals surface area contributed by atoms with E-state index in [1.165, 1.54) is 39.3 Å². The van der Waals surface area contributed by atoms with E-state index in [2.05, 4.69) is 5.32 Å². The molecule has 26 heavy (non-hydrogen) atoms. The van der Waals surface area contributed by atoms with Gasteiger partial charge in [-0.05, 0) is 29.8 Å². The summed E-state index contributed by atoms with van der Waals surface area (Å²) in [7, 11) is -0.953. The van der Waals surface area contributed by atoms with Gasteiger partial charge in [0.25, 0.3) is 0 Å². The number of hydrogen-bond donors (Lipinski definition) is 1. The summed E-state index contributed by atoms with van der Waals surface area (Å²) < 4.78 is 32.0. The van der Waals surface area contributed by atoms with Crippen LogP contribution in [0.15, 0.2) is 41.3 Å². The van der Waals surface area contributed by atoms with Crippen molar-refractivity contribution in [3.05, 3.63) is 52.0 Å². The van der Waals surface area contributed by atoms with Crippen LogP contribution in [0.1, 0.15) is 12.5 Å². The van der Waals surface area contributed by atoms with E-state index in [4.69, 9.17) is 27.9 Å². The van der Waals surface area contributed by atoms with Crippen LogP contribution in [0.4, 0.5) is 5.69 Å². The van der Waals surface area contributed by atoms with E-state index < -0.39 is 10.0 Å². The second-order valence-electron chi connectivity index (χ2n) is 5.52. The topological polar surface area (TPSA) is 75.7 Å². The summed E-state index contributed by atoms with van der Waals surface area (Å²) in [5.41, 5.74) is 0.858. The first-order valence-electron chi connectivity index (χ1n) is 7.51. The summed E-state index contributed by atoms with van der Waals surface area (Å²) in [6, 6.07) is 9.29. The van der Waals surface area contributed by atoms with Crippen molar-refractivity contribution in [2.75, 3.05) is 19.5 Å². The molecule has 0 saturated carbocycles. The lowest BCUT2D eigenvalue weighted by molar-refractivity contribution is -0.114. The van der Waals surface area contributed by atoms with E-state index in [1.807, 2.05) is 0 Å². The van der Waals surface area contributed by atoms with Gasteiger partial charge in [0.15, 0.2) is 0 Å². The molecule has 0 fully saturated rings. The molecule has 2 rings (SSSR count). The number of carbonyl (C=O) groups is 1. The monoisotopic (exact) mass is 416 g/mol. The van der Waals surface area contributed by atoms with Crippen molar-refractivity contribution in [3.63, 3.8) is 0 Å². The van der Waals surface area contributed by atoms with Crippen LogP contribution in [-0.2, 0) is 21.4 Å². The molecule has 0 atom stereocenters. The molecule has 0 spiro atoms. The zero-order chi connectivity index (χ0) is 19.5. The van der Waals surface area contributed by atoms with Crippen molar-refractivity contribution >= 4 is 44.8 Å². The summed E-state index contributed by atoms with van der Waals surface area (Å²) >= 11 is 12.1. The fourth-order valence-electron chi connectivity index (χ4n) is 2.31. The van der Waals surface area contributed by atoms with Crippen molar-refractivity contribution in [2.24, 2.45) is 0 Å². The maximum Gasteiger partial charge on any atom is 0.243 e. The molecule has 1 amide bonds. The Morgan fingerprint density at radius 2 is 1.92 bits per heavy atom. The number of rotatable bonds is 6. The Bertz CT molecular complexity index is 932. The highest BCUT2D eigenvalue weighted by atomic mass is 35.5. The second kappa shape index (κ2) is 8.26. The highest BCUT2D eigenvalue weighted by Gasteiger charge is 2.23. The molecule has 0 bridgehead atoms. The fraction of sp³-hybridized carbons (Fsp3) is 0.235. The van der Waals surface area contributed by atoms with Gasteiger partial charge in [-0.1, -0.05) is 35.3 Å². The summed E-state index contributed by atoms with van der Waals surface area (Å²) in [6.45, 7) is 1.37. The normalized spacial score (nSPS) is 11.5. The molecular weight excluding hydrogens is 399 g/mol. The number of nitrogens with zero attached hydrogens (tertiary/aromatic N) is 1. The van der Waals surface area contributed by atoms with Crippen LogP contribution in [0.25, 0.3) is 0 Å². The smallest absolute Gasteiger partial charge is 0.243 e. The molecule has 140 valence electrons. The number of sulfonamides is 1. The van der Waals surface area contributed by atoms with E-state index >= 15 is 0 Å². The van der Waals surface area contributed by atoms with Crippen LogP contribution in [0.5, 0.6) is 5.75 Å². The molecule has 1 N–H and O–H groups in total. The number of nitrogens with one attached hydrogen (secondary N) is 1. The fourth-order valence-corrected chi connectivity index (χ4v) is 3.87. The molecule has 0 heterocycles. The maximum absolute atomic E-state index is 12.9. The molecule has 0 aromatic heterocycles. The molecule has 9 heteroatoms. The molecule has 2 aromatic rings.